The van der Waals surface area contributed by atoms with E-state index in [4.69, 9.17) is 24.5 Å². The molecule has 1 heterocycles. The van der Waals surface area contributed by atoms with Crippen molar-refractivity contribution in [3.8, 4) is 16.9 Å². The Morgan fingerprint density at radius 1 is 0.932 bits per heavy atom. The van der Waals surface area contributed by atoms with E-state index in [0.717, 1.165) is 53.9 Å². The highest BCUT2D eigenvalue weighted by atomic mass is 19.4. The van der Waals surface area contributed by atoms with Crippen LogP contribution in [0.25, 0.3) is 11.1 Å². The maximum atomic E-state index is 12.7. The predicted molar refractivity (Wildman–Crippen MR) is 149 cm³/mol. The predicted octanol–water partition coefficient (Wildman–Crippen LogP) is 4.87. The number of aliphatic carboxylic acids is 2. The Morgan fingerprint density at radius 2 is 1.45 bits per heavy atom. The van der Waals surface area contributed by atoms with E-state index in [-0.39, 0.29) is 11.8 Å². The number of carboxylic acids is 2. The maximum Gasteiger partial charge on any atom is 0.490 e. The van der Waals surface area contributed by atoms with Crippen molar-refractivity contribution in [2.45, 2.75) is 57.5 Å². The van der Waals surface area contributed by atoms with E-state index >= 15 is 0 Å². The molecule has 0 saturated heterocycles. The molecule has 4 N–H and O–H groups in total. The molecule has 1 aliphatic carbocycles. The number of anilines is 1. The molecule has 0 bridgehead atoms. The lowest BCUT2D eigenvalue weighted by Gasteiger charge is -2.27. The van der Waals surface area contributed by atoms with Gasteiger partial charge < -0.3 is 30.5 Å². The van der Waals surface area contributed by atoms with Crippen LogP contribution in [-0.2, 0) is 20.9 Å². The van der Waals surface area contributed by atoms with Gasteiger partial charge in [-0.2, -0.15) is 26.3 Å². The number of nitrogens with zero attached hydrogens (tertiary/aromatic N) is 2. The summed E-state index contributed by atoms with van der Waals surface area (Å²) in [6.45, 7) is 3.03. The molecule has 0 radical (unpaired) electrons. The Morgan fingerprint density at radius 3 is 1.86 bits per heavy atom. The first kappa shape index (κ1) is 37.9. The second kappa shape index (κ2) is 17.3. The SMILES string of the molecule is CCOc1ccc(-c2ccc(N(C)C)nc2)cc1CNC(=O)C1CCC(NC)CC1.O=C(O)C(F)(F)F.O=C(O)C(F)(F)F. The number of amides is 1. The van der Waals surface area contributed by atoms with Crippen molar-refractivity contribution in [3.05, 3.63) is 42.1 Å². The summed E-state index contributed by atoms with van der Waals surface area (Å²) in [5, 5.41) is 20.7. The number of carboxylic acid groups (broad SMARTS) is 2. The molecule has 246 valence electrons. The Balaban J connectivity index is 0.000000574. The average molecular weight is 639 g/mol. The van der Waals surface area contributed by atoms with Gasteiger partial charge in [0.25, 0.3) is 0 Å². The summed E-state index contributed by atoms with van der Waals surface area (Å²) in [4.78, 5) is 37.0. The van der Waals surface area contributed by atoms with Crippen LogP contribution in [0.2, 0.25) is 0 Å². The number of carbonyl (C=O) groups is 3. The van der Waals surface area contributed by atoms with Gasteiger partial charge in [-0.3, -0.25) is 4.79 Å². The summed E-state index contributed by atoms with van der Waals surface area (Å²) >= 11 is 0. The monoisotopic (exact) mass is 638 g/mol. The molecule has 0 spiro atoms. The fourth-order valence-corrected chi connectivity index (χ4v) is 3.99. The highest BCUT2D eigenvalue weighted by Gasteiger charge is 2.38. The number of alkyl halides is 6. The zero-order valence-electron chi connectivity index (χ0n) is 24.6. The third-order valence-corrected chi connectivity index (χ3v) is 6.34. The molecule has 10 nitrogen and oxygen atoms in total. The molecule has 3 rings (SSSR count). The number of benzene rings is 1. The summed E-state index contributed by atoms with van der Waals surface area (Å²) in [7, 11) is 5.95. The van der Waals surface area contributed by atoms with E-state index in [1.54, 1.807) is 0 Å². The summed E-state index contributed by atoms with van der Waals surface area (Å²) < 4.78 is 69.3. The molecule has 1 amide bonds. The summed E-state index contributed by atoms with van der Waals surface area (Å²) in [5.41, 5.74) is 3.10. The first-order valence-corrected chi connectivity index (χ1v) is 13.3. The second-order valence-electron chi connectivity index (χ2n) is 9.72. The van der Waals surface area contributed by atoms with Crippen LogP contribution in [0.1, 0.15) is 38.2 Å². The van der Waals surface area contributed by atoms with Gasteiger partial charge in [-0.1, -0.05) is 6.07 Å². The van der Waals surface area contributed by atoms with Gasteiger partial charge in [-0.05, 0) is 69.5 Å². The van der Waals surface area contributed by atoms with Crippen LogP contribution < -0.4 is 20.3 Å². The minimum Gasteiger partial charge on any atom is -0.494 e. The van der Waals surface area contributed by atoms with Gasteiger partial charge in [-0.15, -0.1) is 0 Å². The van der Waals surface area contributed by atoms with Crippen LogP contribution in [0.3, 0.4) is 0 Å². The van der Waals surface area contributed by atoms with Gasteiger partial charge in [0.15, 0.2) is 0 Å². The van der Waals surface area contributed by atoms with E-state index in [0.29, 0.717) is 19.2 Å². The van der Waals surface area contributed by atoms with Gasteiger partial charge in [0, 0.05) is 49.9 Å². The maximum absolute atomic E-state index is 12.7. The molecule has 2 aromatic rings. The molecule has 44 heavy (non-hydrogen) atoms. The minimum absolute atomic E-state index is 0.108. The molecule has 1 aromatic heterocycles. The van der Waals surface area contributed by atoms with Gasteiger partial charge in [0.2, 0.25) is 5.91 Å². The van der Waals surface area contributed by atoms with Crippen molar-refractivity contribution in [2.75, 3.05) is 32.6 Å². The molecule has 16 heteroatoms. The topological polar surface area (TPSA) is 141 Å². The van der Waals surface area contributed by atoms with E-state index in [1.807, 2.05) is 57.4 Å². The van der Waals surface area contributed by atoms with Crippen molar-refractivity contribution in [2.24, 2.45) is 5.92 Å². The van der Waals surface area contributed by atoms with Crippen molar-refractivity contribution in [1.29, 1.82) is 0 Å². The third-order valence-electron chi connectivity index (χ3n) is 6.34. The number of hydrogen-bond donors (Lipinski definition) is 4. The van der Waals surface area contributed by atoms with E-state index in [1.165, 1.54) is 0 Å². The Labute approximate surface area is 250 Å². The number of nitrogens with one attached hydrogen (secondary N) is 2. The second-order valence-corrected chi connectivity index (χ2v) is 9.72. The van der Waals surface area contributed by atoms with Crippen LogP contribution in [0.15, 0.2) is 36.5 Å². The van der Waals surface area contributed by atoms with Crippen LogP contribution in [0.4, 0.5) is 32.2 Å². The summed E-state index contributed by atoms with van der Waals surface area (Å²) in [6.07, 6.45) is -4.28. The van der Waals surface area contributed by atoms with Gasteiger partial charge in [-0.25, -0.2) is 14.6 Å². The number of halogens is 6. The fourth-order valence-electron chi connectivity index (χ4n) is 3.99. The Kier molecular flexibility index (Phi) is 14.9. The lowest BCUT2D eigenvalue weighted by molar-refractivity contribution is -0.193. The van der Waals surface area contributed by atoms with Crippen molar-refractivity contribution >= 4 is 23.7 Å². The third kappa shape index (κ3) is 13.1. The molecule has 1 fully saturated rings. The quantitative estimate of drug-likeness (QED) is 0.298. The zero-order valence-corrected chi connectivity index (χ0v) is 24.6. The largest absolute Gasteiger partial charge is 0.494 e. The summed E-state index contributed by atoms with van der Waals surface area (Å²) in [5.74, 6) is -3.52. The van der Waals surface area contributed by atoms with Crippen molar-refractivity contribution < 1.29 is 55.7 Å². The Hall–Kier alpha value is -4.08. The number of hydrogen-bond acceptors (Lipinski definition) is 7. The number of rotatable bonds is 8. The van der Waals surface area contributed by atoms with Crippen LogP contribution in [0, 0.1) is 5.92 Å². The molecule has 0 aliphatic heterocycles. The van der Waals surface area contributed by atoms with Crippen LogP contribution in [0.5, 0.6) is 5.75 Å². The number of ether oxygens (including phenoxy) is 1. The molecular weight excluding hydrogens is 602 g/mol. The number of aromatic nitrogens is 1. The molecule has 1 saturated carbocycles. The van der Waals surface area contributed by atoms with E-state index in [2.05, 4.69) is 27.8 Å². The van der Waals surface area contributed by atoms with Crippen LogP contribution >= 0.6 is 0 Å². The minimum atomic E-state index is -5.08. The number of pyridine rings is 1. The first-order valence-electron chi connectivity index (χ1n) is 13.3. The molecule has 1 aliphatic rings. The molecule has 1 aromatic carbocycles. The highest BCUT2D eigenvalue weighted by Crippen LogP contribution is 2.28. The molecule has 0 unspecified atom stereocenters. The van der Waals surface area contributed by atoms with E-state index < -0.39 is 24.3 Å². The molecular formula is C28H36F6N4O6. The van der Waals surface area contributed by atoms with Gasteiger partial charge >= 0.3 is 24.3 Å². The van der Waals surface area contributed by atoms with E-state index in [9.17, 15) is 31.1 Å². The lowest BCUT2D eigenvalue weighted by Crippen LogP contribution is -2.37. The number of carbonyl (C=O) groups excluding carboxylic acids is 1. The normalized spacial score (nSPS) is 16.3. The first-order chi connectivity index (χ1) is 20.4. The van der Waals surface area contributed by atoms with Crippen molar-refractivity contribution in [3.63, 3.8) is 0 Å². The standard InChI is InChI=1S/C24H34N4O2.2C2HF3O2/c1-5-30-22-12-8-18(19-9-13-23(26-15-19)28(3)4)14-20(22)16-27-24(29)17-6-10-21(25-2)11-7-17;2*3-2(4,5)1(6)7/h8-9,12-15,17,21,25H,5-7,10-11,16H2,1-4H3,(H,27,29);2*(H,6,7). The average Bonchev–Trinajstić information content (AvgIpc) is 2.96. The fraction of sp³-hybridized carbons (Fsp3) is 0.500. The highest BCUT2D eigenvalue weighted by molar-refractivity contribution is 5.79. The lowest BCUT2D eigenvalue weighted by atomic mass is 9.85. The van der Waals surface area contributed by atoms with Gasteiger partial charge in [0.1, 0.15) is 11.6 Å². The Bertz CT molecular complexity index is 1190. The van der Waals surface area contributed by atoms with Gasteiger partial charge in [0.05, 0.1) is 6.61 Å². The zero-order chi connectivity index (χ0) is 33.7. The van der Waals surface area contributed by atoms with Crippen LogP contribution in [-0.4, -0.2) is 79.2 Å². The molecule has 0 atom stereocenters. The van der Waals surface area contributed by atoms with Crippen molar-refractivity contribution in [1.82, 2.24) is 15.6 Å². The summed E-state index contributed by atoms with van der Waals surface area (Å²) in [6, 6.07) is 10.7. The smallest absolute Gasteiger partial charge is 0.490 e.